The number of carbonyl (C=O) groups excluding carboxylic acids is 1. The van der Waals surface area contributed by atoms with Gasteiger partial charge in [-0.25, -0.2) is 4.39 Å². The topological polar surface area (TPSA) is 62.5 Å². The summed E-state index contributed by atoms with van der Waals surface area (Å²) in [6, 6.07) is 13.7. The van der Waals surface area contributed by atoms with Gasteiger partial charge < -0.3 is 14.3 Å². The standard InChI is InChI=1S/C21H20ClFN4O2S/c22-16-3-1-15(2-4-16)21-24-19(29-25-21)13-30-14-20(28)27-11-9-26(10-12-27)18-7-5-17(23)6-8-18/h1-8H,9-14H2. The highest BCUT2D eigenvalue weighted by atomic mass is 35.5. The van der Waals surface area contributed by atoms with Gasteiger partial charge in [0.15, 0.2) is 0 Å². The van der Waals surface area contributed by atoms with E-state index in [4.69, 9.17) is 16.1 Å². The van der Waals surface area contributed by atoms with Crippen molar-refractivity contribution in [3.8, 4) is 11.4 Å². The van der Waals surface area contributed by atoms with Crippen LogP contribution in [0.15, 0.2) is 53.1 Å². The smallest absolute Gasteiger partial charge is 0.236 e. The number of carbonyl (C=O) groups is 1. The molecule has 3 aromatic rings. The second kappa shape index (κ2) is 9.49. The van der Waals surface area contributed by atoms with Gasteiger partial charge in [0.25, 0.3) is 0 Å². The van der Waals surface area contributed by atoms with E-state index in [2.05, 4.69) is 15.0 Å². The fourth-order valence-corrected chi connectivity index (χ4v) is 4.09. The lowest BCUT2D eigenvalue weighted by Crippen LogP contribution is -2.49. The Morgan fingerprint density at radius 3 is 2.47 bits per heavy atom. The summed E-state index contributed by atoms with van der Waals surface area (Å²) < 4.78 is 18.3. The summed E-state index contributed by atoms with van der Waals surface area (Å²) in [5.41, 5.74) is 1.81. The number of anilines is 1. The number of nitrogens with zero attached hydrogens (tertiary/aromatic N) is 4. The Hall–Kier alpha value is -2.58. The zero-order chi connectivity index (χ0) is 20.9. The normalized spacial score (nSPS) is 14.2. The number of halogens is 2. The molecular weight excluding hydrogens is 427 g/mol. The van der Waals surface area contributed by atoms with Crippen molar-refractivity contribution in [1.29, 1.82) is 0 Å². The summed E-state index contributed by atoms with van der Waals surface area (Å²) in [5.74, 6) is 1.67. The van der Waals surface area contributed by atoms with Crippen LogP contribution in [-0.2, 0) is 10.5 Å². The van der Waals surface area contributed by atoms with Gasteiger partial charge in [0, 0.05) is 42.5 Å². The maximum absolute atomic E-state index is 13.1. The Bertz CT molecular complexity index is 989. The molecule has 1 fully saturated rings. The monoisotopic (exact) mass is 446 g/mol. The molecule has 1 aromatic heterocycles. The molecule has 0 unspecified atom stereocenters. The quantitative estimate of drug-likeness (QED) is 0.567. The molecule has 0 radical (unpaired) electrons. The highest BCUT2D eigenvalue weighted by Crippen LogP contribution is 2.21. The molecule has 30 heavy (non-hydrogen) atoms. The maximum Gasteiger partial charge on any atom is 0.236 e. The highest BCUT2D eigenvalue weighted by Gasteiger charge is 2.21. The molecule has 0 saturated carbocycles. The first-order valence-electron chi connectivity index (χ1n) is 9.53. The molecule has 0 atom stereocenters. The highest BCUT2D eigenvalue weighted by molar-refractivity contribution is 7.99. The van der Waals surface area contributed by atoms with Crippen molar-refractivity contribution >= 4 is 35.0 Å². The third-order valence-electron chi connectivity index (χ3n) is 4.85. The lowest BCUT2D eigenvalue weighted by atomic mass is 10.2. The van der Waals surface area contributed by atoms with Crippen molar-refractivity contribution in [3.05, 3.63) is 65.3 Å². The van der Waals surface area contributed by atoms with Gasteiger partial charge in [-0.2, -0.15) is 4.98 Å². The van der Waals surface area contributed by atoms with Crippen LogP contribution in [0, 0.1) is 5.82 Å². The van der Waals surface area contributed by atoms with E-state index in [1.807, 2.05) is 17.0 Å². The van der Waals surface area contributed by atoms with Gasteiger partial charge in [0.2, 0.25) is 17.6 Å². The van der Waals surface area contributed by atoms with E-state index < -0.39 is 0 Å². The Balaban J connectivity index is 1.22. The van der Waals surface area contributed by atoms with Crippen LogP contribution in [0.5, 0.6) is 0 Å². The second-order valence-electron chi connectivity index (χ2n) is 6.86. The van der Waals surface area contributed by atoms with Crippen molar-refractivity contribution in [1.82, 2.24) is 15.0 Å². The average Bonchev–Trinajstić information content (AvgIpc) is 3.24. The first-order valence-corrected chi connectivity index (χ1v) is 11.1. The van der Waals surface area contributed by atoms with Crippen LogP contribution in [0.4, 0.5) is 10.1 Å². The van der Waals surface area contributed by atoms with Gasteiger partial charge in [0.05, 0.1) is 11.5 Å². The predicted molar refractivity (Wildman–Crippen MR) is 116 cm³/mol. The van der Waals surface area contributed by atoms with Crippen LogP contribution in [0.25, 0.3) is 11.4 Å². The van der Waals surface area contributed by atoms with E-state index in [-0.39, 0.29) is 11.7 Å². The molecule has 1 saturated heterocycles. The van der Waals surface area contributed by atoms with Crippen LogP contribution in [-0.4, -0.2) is 52.9 Å². The second-order valence-corrected chi connectivity index (χ2v) is 8.28. The van der Waals surface area contributed by atoms with Crippen LogP contribution in [0.3, 0.4) is 0 Å². The average molecular weight is 447 g/mol. The fourth-order valence-electron chi connectivity index (χ4n) is 3.21. The Morgan fingerprint density at radius 1 is 1.07 bits per heavy atom. The van der Waals surface area contributed by atoms with Crippen molar-refractivity contribution in [2.24, 2.45) is 0 Å². The van der Waals surface area contributed by atoms with E-state index in [0.717, 1.165) is 24.3 Å². The summed E-state index contributed by atoms with van der Waals surface area (Å²) in [6.45, 7) is 2.77. The molecule has 1 amide bonds. The zero-order valence-electron chi connectivity index (χ0n) is 16.1. The Kier molecular flexibility index (Phi) is 6.54. The molecular formula is C21H20ClFN4O2S. The molecule has 1 aliphatic heterocycles. The summed E-state index contributed by atoms with van der Waals surface area (Å²) in [6.07, 6.45) is 0. The van der Waals surface area contributed by atoms with Crippen LogP contribution >= 0.6 is 23.4 Å². The first-order chi connectivity index (χ1) is 14.6. The third kappa shape index (κ3) is 5.12. The van der Waals surface area contributed by atoms with E-state index in [9.17, 15) is 9.18 Å². The largest absolute Gasteiger partial charge is 0.368 e. The number of amides is 1. The Morgan fingerprint density at radius 2 is 1.77 bits per heavy atom. The molecule has 156 valence electrons. The zero-order valence-corrected chi connectivity index (χ0v) is 17.7. The van der Waals surface area contributed by atoms with E-state index in [1.54, 1.807) is 24.3 Å². The number of aromatic nitrogens is 2. The number of rotatable bonds is 6. The summed E-state index contributed by atoms with van der Waals surface area (Å²) in [7, 11) is 0. The van der Waals surface area contributed by atoms with E-state index in [0.29, 0.717) is 41.3 Å². The van der Waals surface area contributed by atoms with Gasteiger partial charge in [-0.1, -0.05) is 16.8 Å². The first kappa shape index (κ1) is 20.7. The lowest BCUT2D eigenvalue weighted by molar-refractivity contribution is -0.128. The molecule has 0 N–H and O–H groups in total. The number of benzene rings is 2. The summed E-state index contributed by atoms with van der Waals surface area (Å²) in [4.78, 5) is 20.9. The minimum absolute atomic E-state index is 0.0937. The Labute approximate surface area is 183 Å². The third-order valence-corrected chi connectivity index (χ3v) is 6.00. The molecule has 9 heteroatoms. The van der Waals surface area contributed by atoms with Crippen LogP contribution < -0.4 is 4.90 Å². The molecule has 0 aliphatic carbocycles. The molecule has 6 nitrogen and oxygen atoms in total. The van der Waals surface area contributed by atoms with Crippen molar-refractivity contribution in [2.75, 3.05) is 36.8 Å². The molecule has 2 heterocycles. The number of thioether (sulfide) groups is 1. The lowest BCUT2D eigenvalue weighted by Gasteiger charge is -2.36. The minimum Gasteiger partial charge on any atom is -0.368 e. The van der Waals surface area contributed by atoms with Crippen molar-refractivity contribution in [3.63, 3.8) is 0 Å². The number of piperazine rings is 1. The molecule has 2 aromatic carbocycles. The fraction of sp³-hybridized carbons (Fsp3) is 0.286. The van der Waals surface area contributed by atoms with Crippen molar-refractivity contribution in [2.45, 2.75) is 5.75 Å². The molecule has 0 bridgehead atoms. The van der Waals surface area contributed by atoms with Crippen LogP contribution in [0.1, 0.15) is 5.89 Å². The minimum atomic E-state index is -0.244. The maximum atomic E-state index is 13.1. The van der Waals surface area contributed by atoms with Crippen LogP contribution in [0.2, 0.25) is 5.02 Å². The van der Waals surface area contributed by atoms with Gasteiger partial charge in [-0.3, -0.25) is 4.79 Å². The molecule has 0 spiro atoms. The van der Waals surface area contributed by atoms with E-state index in [1.165, 1.54) is 23.9 Å². The summed E-state index contributed by atoms with van der Waals surface area (Å²) >= 11 is 7.35. The van der Waals surface area contributed by atoms with Gasteiger partial charge in [0.1, 0.15) is 5.82 Å². The molecule has 1 aliphatic rings. The van der Waals surface area contributed by atoms with Gasteiger partial charge >= 0.3 is 0 Å². The number of hydrogen-bond acceptors (Lipinski definition) is 6. The van der Waals surface area contributed by atoms with Gasteiger partial charge in [-0.05, 0) is 48.5 Å². The van der Waals surface area contributed by atoms with Crippen molar-refractivity contribution < 1.29 is 13.7 Å². The van der Waals surface area contributed by atoms with Gasteiger partial charge in [-0.15, -0.1) is 11.8 Å². The predicted octanol–water partition coefficient (Wildman–Crippen LogP) is 4.11. The summed E-state index contributed by atoms with van der Waals surface area (Å²) in [5, 5.41) is 4.63. The number of hydrogen-bond donors (Lipinski definition) is 0. The molecule has 4 rings (SSSR count). The van der Waals surface area contributed by atoms with E-state index >= 15 is 0 Å². The SMILES string of the molecule is O=C(CSCc1nc(-c2ccc(Cl)cc2)no1)N1CCN(c2ccc(F)cc2)CC1.